The van der Waals surface area contributed by atoms with Crippen molar-refractivity contribution in [2.45, 2.75) is 18.8 Å². The van der Waals surface area contributed by atoms with Crippen molar-refractivity contribution in [3.63, 3.8) is 0 Å². The second-order valence-corrected chi connectivity index (χ2v) is 6.90. The average molecular weight is 351 g/mol. The summed E-state index contributed by atoms with van der Waals surface area (Å²) in [4.78, 5) is 25.0. The fourth-order valence-corrected chi connectivity index (χ4v) is 3.45. The second-order valence-electron chi connectivity index (χ2n) is 5.98. The van der Waals surface area contributed by atoms with Crippen LogP contribution in [0.3, 0.4) is 0 Å². The molecule has 3 aromatic heterocycles. The number of H-pyrrole nitrogens is 1. The van der Waals surface area contributed by atoms with Gasteiger partial charge in [-0.05, 0) is 42.5 Å². The van der Waals surface area contributed by atoms with Gasteiger partial charge in [0.25, 0.3) is 11.8 Å². The third kappa shape index (κ3) is 2.60. The van der Waals surface area contributed by atoms with Crippen LogP contribution in [0.15, 0.2) is 40.5 Å². The van der Waals surface area contributed by atoms with E-state index < -0.39 is 0 Å². The van der Waals surface area contributed by atoms with Crippen LogP contribution in [0.2, 0.25) is 0 Å². The molecule has 1 saturated carbocycles. The summed E-state index contributed by atoms with van der Waals surface area (Å²) < 4.78 is 5.37. The summed E-state index contributed by atoms with van der Waals surface area (Å²) in [5, 5.41) is 8.86. The minimum atomic E-state index is -0.196. The summed E-state index contributed by atoms with van der Waals surface area (Å²) >= 11 is 1.46. The van der Waals surface area contributed by atoms with E-state index in [0.717, 1.165) is 34.6 Å². The van der Waals surface area contributed by atoms with E-state index in [4.69, 9.17) is 4.52 Å². The van der Waals surface area contributed by atoms with Gasteiger partial charge in [-0.25, -0.2) is 4.98 Å². The number of carbonyl (C=O) groups is 1. The number of aromatic nitrogens is 4. The summed E-state index contributed by atoms with van der Waals surface area (Å²) in [6.07, 6.45) is 3.84. The summed E-state index contributed by atoms with van der Waals surface area (Å²) in [6.45, 7) is 0. The smallest absolute Gasteiger partial charge is 0.270 e. The molecule has 124 valence electrons. The zero-order valence-electron chi connectivity index (χ0n) is 13.0. The quantitative estimate of drug-likeness (QED) is 0.583. The first-order valence-electron chi connectivity index (χ1n) is 7.94. The molecule has 2 N–H and O–H groups in total. The Morgan fingerprint density at radius 2 is 2.24 bits per heavy atom. The average Bonchev–Trinajstić information content (AvgIpc) is 3.04. The van der Waals surface area contributed by atoms with Gasteiger partial charge in [-0.15, -0.1) is 11.3 Å². The van der Waals surface area contributed by atoms with Gasteiger partial charge >= 0.3 is 0 Å². The predicted molar refractivity (Wildman–Crippen MR) is 93.6 cm³/mol. The number of hydrogen-bond acceptors (Lipinski definition) is 6. The molecule has 0 radical (unpaired) electrons. The van der Waals surface area contributed by atoms with Crippen LogP contribution in [0.1, 0.15) is 34.9 Å². The molecule has 1 amide bonds. The maximum Gasteiger partial charge on any atom is 0.270 e. The van der Waals surface area contributed by atoms with E-state index in [1.165, 1.54) is 11.3 Å². The van der Waals surface area contributed by atoms with Crippen molar-refractivity contribution < 1.29 is 9.32 Å². The Kier molecular flexibility index (Phi) is 3.17. The fraction of sp³-hybridized carbons (Fsp3) is 0.176. The molecular formula is C17H13N5O2S. The number of nitrogens with one attached hydrogen (secondary N) is 2. The van der Waals surface area contributed by atoms with Crippen LogP contribution in [0.25, 0.3) is 21.8 Å². The van der Waals surface area contributed by atoms with Crippen molar-refractivity contribution in [2.24, 2.45) is 0 Å². The van der Waals surface area contributed by atoms with E-state index in [0.29, 0.717) is 23.1 Å². The Bertz CT molecular complexity index is 1080. The molecule has 7 nitrogen and oxygen atoms in total. The molecule has 0 unspecified atom stereocenters. The van der Waals surface area contributed by atoms with E-state index in [9.17, 15) is 4.79 Å². The molecule has 1 fully saturated rings. The van der Waals surface area contributed by atoms with Crippen molar-refractivity contribution in [3.8, 4) is 10.8 Å². The summed E-state index contributed by atoms with van der Waals surface area (Å²) in [6, 6.07) is 7.19. The number of rotatable bonds is 4. The topological polar surface area (TPSA) is 96.7 Å². The van der Waals surface area contributed by atoms with Crippen LogP contribution in [-0.2, 0) is 0 Å². The number of imidazole rings is 1. The van der Waals surface area contributed by atoms with E-state index in [1.807, 2.05) is 17.5 Å². The molecule has 3 heterocycles. The zero-order valence-corrected chi connectivity index (χ0v) is 13.8. The standard InChI is InChI=1S/C17H13N5O2S/c23-16(10-3-4-11-13(7-10)19-8-18-11)20-12-5-6-25-14(12)17-21-15(22-24-17)9-1-2-9/h3-9H,1-2H2,(H,18,19)(H,20,23). The Balaban J connectivity index is 1.41. The van der Waals surface area contributed by atoms with Crippen molar-refractivity contribution in [3.05, 3.63) is 47.4 Å². The largest absolute Gasteiger partial charge is 0.345 e. The first-order chi connectivity index (χ1) is 12.3. The highest BCUT2D eigenvalue weighted by molar-refractivity contribution is 7.14. The number of nitrogens with zero attached hydrogens (tertiary/aromatic N) is 3. The highest BCUT2D eigenvalue weighted by Crippen LogP contribution is 2.40. The van der Waals surface area contributed by atoms with Crippen LogP contribution >= 0.6 is 11.3 Å². The molecule has 0 bridgehead atoms. The van der Waals surface area contributed by atoms with Crippen molar-refractivity contribution in [2.75, 3.05) is 5.32 Å². The van der Waals surface area contributed by atoms with E-state index in [2.05, 4.69) is 25.4 Å². The second kappa shape index (κ2) is 5.52. The van der Waals surface area contributed by atoms with Crippen molar-refractivity contribution in [1.29, 1.82) is 0 Å². The third-order valence-electron chi connectivity index (χ3n) is 4.17. The van der Waals surface area contributed by atoms with Gasteiger partial charge in [0.2, 0.25) is 0 Å². The highest BCUT2D eigenvalue weighted by Gasteiger charge is 2.29. The molecule has 8 heteroatoms. The predicted octanol–water partition coefficient (Wildman–Crippen LogP) is 3.80. The molecule has 1 aromatic carbocycles. The van der Waals surface area contributed by atoms with E-state index >= 15 is 0 Å². The van der Waals surface area contributed by atoms with Gasteiger partial charge in [-0.1, -0.05) is 5.16 Å². The first kappa shape index (κ1) is 14.4. The van der Waals surface area contributed by atoms with Crippen LogP contribution in [0.4, 0.5) is 5.69 Å². The third-order valence-corrected chi connectivity index (χ3v) is 5.08. The lowest BCUT2D eigenvalue weighted by molar-refractivity contribution is 0.102. The molecule has 5 rings (SSSR count). The van der Waals surface area contributed by atoms with Gasteiger partial charge in [-0.3, -0.25) is 4.79 Å². The van der Waals surface area contributed by atoms with Gasteiger partial charge in [0, 0.05) is 11.5 Å². The molecule has 4 aromatic rings. The van der Waals surface area contributed by atoms with E-state index in [1.54, 1.807) is 18.5 Å². The molecule has 0 atom stereocenters. The minimum absolute atomic E-state index is 0.196. The number of thiophene rings is 1. The summed E-state index contributed by atoms with van der Waals surface area (Å²) in [7, 11) is 0. The monoisotopic (exact) mass is 351 g/mol. The lowest BCUT2D eigenvalue weighted by Gasteiger charge is -2.04. The van der Waals surface area contributed by atoms with Gasteiger partial charge in [0.05, 0.1) is 23.0 Å². The Morgan fingerprint density at radius 3 is 3.12 bits per heavy atom. The molecule has 0 aliphatic heterocycles. The van der Waals surface area contributed by atoms with Gasteiger partial charge in [0.15, 0.2) is 5.82 Å². The van der Waals surface area contributed by atoms with Gasteiger partial charge in [-0.2, -0.15) is 4.98 Å². The fourth-order valence-electron chi connectivity index (χ4n) is 2.68. The van der Waals surface area contributed by atoms with Crippen LogP contribution in [0, 0.1) is 0 Å². The minimum Gasteiger partial charge on any atom is -0.345 e. The van der Waals surface area contributed by atoms with E-state index in [-0.39, 0.29) is 5.91 Å². The number of anilines is 1. The van der Waals surface area contributed by atoms with Gasteiger partial charge < -0.3 is 14.8 Å². The first-order valence-corrected chi connectivity index (χ1v) is 8.82. The number of aromatic amines is 1. The zero-order chi connectivity index (χ0) is 16.8. The Hall–Kier alpha value is -3.00. The maximum absolute atomic E-state index is 12.6. The number of benzene rings is 1. The molecule has 0 saturated heterocycles. The lowest BCUT2D eigenvalue weighted by Crippen LogP contribution is -2.11. The lowest BCUT2D eigenvalue weighted by atomic mass is 10.2. The normalized spacial score (nSPS) is 14.1. The van der Waals surface area contributed by atoms with Crippen LogP contribution < -0.4 is 5.32 Å². The molecule has 0 spiro atoms. The number of amides is 1. The molecular weight excluding hydrogens is 338 g/mol. The molecule has 1 aliphatic rings. The molecule has 1 aliphatic carbocycles. The Labute approximate surface area is 146 Å². The highest BCUT2D eigenvalue weighted by atomic mass is 32.1. The molecule has 25 heavy (non-hydrogen) atoms. The SMILES string of the molecule is O=C(Nc1ccsc1-c1nc(C2CC2)no1)c1ccc2nc[nH]c2c1. The van der Waals surface area contributed by atoms with Crippen LogP contribution in [0.5, 0.6) is 0 Å². The van der Waals surface area contributed by atoms with Gasteiger partial charge in [0.1, 0.15) is 4.88 Å². The summed E-state index contributed by atoms with van der Waals surface area (Å²) in [5.74, 6) is 1.44. The summed E-state index contributed by atoms with van der Waals surface area (Å²) in [5.41, 5.74) is 2.87. The number of carbonyl (C=O) groups excluding carboxylic acids is 1. The van der Waals surface area contributed by atoms with Crippen LogP contribution in [-0.4, -0.2) is 26.0 Å². The maximum atomic E-state index is 12.6. The van der Waals surface area contributed by atoms with Crippen molar-refractivity contribution >= 4 is 34.0 Å². The van der Waals surface area contributed by atoms with Crippen molar-refractivity contribution in [1.82, 2.24) is 20.1 Å². The number of hydrogen-bond donors (Lipinski definition) is 2. The Morgan fingerprint density at radius 1 is 1.32 bits per heavy atom. The number of fused-ring (bicyclic) bond motifs is 1.